The van der Waals surface area contributed by atoms with Gasteiger partial charge in [-0.2, -0.15) is 0 Å². The number of aliphatic hydroxyl groups is 2. The normalized spacial score (nSPS) is 14.2. The molecule has 0 saturated heterocycles. The second-order valence-corrected chi connectivity index (χ2v) is 17.2. The van der Waals surface area contributed by atoms with Crippen LogP contribution in [0, 0.1) is 0 Å². The van der Waals surface area contributed by atoms with Crippen LogP contribution in [0.1, 0.15) is 206 Å². The van der Waals surface area contributed by atoms with E-state index < -0.39 is 51.8 Å². The first-order chi connectivity index (χ1) is 28.7. The van der Waals surface area contributed by atoms with Gasteiger partial charge in [0.05, 0.1) is 19.8 Å². The topological polar surface area (TPSA) is 149 Å². The van der Waals surface area contributed by atoms with Gasteiger partial charge in [-0.05, 0) is 70.6 Å². The highest BCUT2D eigenvalue weighted by Gasteiger charge is 2.27. The Labute approximate surface area is 360 Å². The Hall–Kier alpha value is -2.07. The van der Waals surface area contributed by atoms with Crippen molar-refractivity contribution in [3.05, 3.63) is 48.6 Å². The number of allylic oxidation sites excluding steroid dienone is 8. The first-order valence-electron chi connectivity index (χ1n) is 23.6. The average Bonchev–Trinajstić information content (AvgIpc) is 3.22. The van der Waals surface area contributed by atoms with E-state index in [4.69, 9.17) is 23.6 Å². The van der Waals surface area contributed by atoms with Crippen molar-refractivity contribution in [1.29, 1.82) is 0 Å². The SMILES string of the molecule is CC/C=C\C/C=C\C/C=C\CCCCCCCC(=O)OC(COC(=O)CCCCCCCCCCC/C=C\CCCCCCCCCC)COP(=O)(O)OCC(O)CO. The summed E-state index contributed by atoms with van der Waals surface area (Å²) >= 11 is 0. The van der Waals surface area contributed by atoms with Crippen LogP contribution in [0.15, 0.2) is 48.6 Å². The molecule has 3 N–H and O–H groups in total. The zero-order valence-corrected chi connectivity index (χ0v) is 38.4. The second-order valence-electron chi connectivity index (χ2n) is 15.7. The van der Waals surface area contributed by atoms with Gasteiger partial charge >= 0.3 is 19.8 Å². The van der Waals surface area contributed by atoms with E-state index in [-0.39, 0.29) is 19.4 Å². The minimum Gasteiger partial charge on any atom is -0.462 e. The van der Waals surface area contributed by atoms with E-state index >= 15 is 0 Å². The number of hydrogen-bond acceptors (Lipinski definition) is 9. The highest BCUT2D eigenvalue weighted by molar-refractivity contribution is 7.47. The maximum absolute atomic E-state index is 12.6. The van der Waals surface area contributed by atoms with E-state index in [1.54, 1.807) is 0 Å². The molecular formula is C48H87O10P. The number of hydrogen-bond donors (Lipinski definition) is 3. The molecular weight excluding hydrogens is 767 g/mol. The van der Waals surface area contributed by atoms with Crippen molar-refractivity contribution in [3.63, 3.8) is 0 Å². The molecule has 0 aliphatic rings. The van der Waals surface area contributed by atoms with Crippen LogP contribution in [0.3, 0.4) is 0 Å². The second kappa shape index (κ2) is 44.0. The Morgan fingerprint density at radius 1 is 0.525 bits per heavy atom. The molecule has 11 heteroatoms. The number of carbonyl (C=O) groups is 2. The molecule has 0 spiro atoms. The molecule has 0 aromatic carbocycles. The number of carbonyl (C=O) groups excluding carboxylic acids is 2. The molecule has 0 fully saturated rings. The highest BCUT2D eigenvalue weighted by Crippen LogP contribution is 2.43. The van der Waals surface area contributed by atoms with E-state index in [0.29, 0.717) is 12.8 Å². The maximum atomic E-state index is 12.6. The lowest BCUT2D eigenvalue weighted by molar-refractivity contribution is -0.161. The minimum atomic E-state index is -4.63. The predicted octanol–water partition coefficient (Wildman–Crippen LogP) is 12.9. The van der Waals surface area contributed by atoms with E-state index in [1.807, 2.05) is 0 Å². The fourth-order valence-electron chi connectivity index (χ4n) is 6.36. The zero-order chi connectivity index (χ0) is 43.3. The molecule has 0 aromatic heterocycles. The number of phosphoric acid groups is 1. The molecule has 59 heavy (non-hydrogen) atoms. The fourth-order valence-corrected chi connectivity index (χ4v) is 7.15. The molecule has 0 aromatic rings. The van der Waals surface area contributed by atoms with Crippen molar-refractivity contribution >= 4 is 19.8 Å². The van der Waals surface area contributed by atoms with Gasteiger partial charge in [0, 0.05) is 12.8 Å². The number of esters is 2. The van der Waals surface area contributed by atoms with E-state index in [1.165, 1.54) is 96.3 Å². The van der Waals surface area contributed by atoms with E-state index in [2.05, 4.69) is 62.5 Å². The van der Waals surface area contributed by atoms with Crippen LogP contribution in [0.4, 0.5) is 0 Å². The van der Waals surface area contributed by atoms with Crippen LogP contribution in [0.2, 0.25) is 0 Å². The molecule has 0 saturated carbocycles. The summed E-state index contributed by atoms with van der Waals surface area (Å²) in [6.07, 6.45) is 47.9. The largest absolute Gasteiger partial charge is 0.472 e. The van der Waals surface area contributed by atoms with Crippen molar-refractivity contribution in [2.75, 3.05) is 26.4 Å². The van der Waals surface area contributed by atoms with Gasteiger partial charge in [0.25, 0.3) is 0 Å². The summed E-state index contributed by atoms with van der Waals surface area (Å²) in [5, 5.41) is 18.4. The van der Waals surface area contributed by atoms with Gasteiger partial charge in [0.1, 0.15) is 12.7 Å². The van der Waals surface area contributed by atoms with Crippen LogP contribution >= 0.6 is 7.82 Å². The van der Waals surface area contributed by atoms with Crippen molar-refractivity contribution in [2.24, 2.45) is 0 Å². The fraction of sp³-hybridized carbons (Fsp3) is 0.792. The Bertz CT molecular complexity index is 1120. The van der Waals surface area contributed by atoms with Gasteiger partial charge in [-0.1, -0.05) is 172 Å². The lowest BCUT2D eigenvalue weighted by Gasteiger charge is -2.20. The molecule has 0 radical (unpaired) electrons. The lowest BCUT2D eigenvalue weighted by atomic mass is 10.1. The van der Waals surface area contributed by atoms with Crippen LogP contribution in [-0.4, -0.2) is 65.7 Å². The molecule has 0 aliphatic heterocycles. The first kappa shape index (κ1) is 56.9. The van der Waals surface area contributed by atoms with Gasteiger partial charge in [-0.15, -0.1) is 0 Å². The quantitative estimate of drug-likeness (QED) is 0.0234. The summed E-state index contributed by atoms with van der Waals surface area (Å²) in [5.74, 6) is -0.944. The Morgan fingerprint density at radius 2 is 0.932 bits per heavy atom. The molecule has 0 rings (SSSR count). The summed E-state index contributed by atoms with van der Waals surface area (Å²) in [5.41, 5.74) is 0. The lowest BCUT2D eigenvalue weighted by Crippen LogP contribution is -2.29. The smallest absolute Gasteiger partial charge is 0.462 e. The van der Waals surface area contributed by atoms with Crippen LogP contribution in [0.25, 0.3) is 0 Å². The summed E-state index contributed by atoms with van der Waals surface area (Å²) < 4.78 is 32.8. The summed E-state index contributed by atoms with van der Waals surface area (Å²) in [7, 11) is -4.63. The van der Waals surface area contributed by atoms with Crippen molar-refractivity contribution in [2.45, 2.75) is 219 Å². The summed E-state index contributed by atoms with van der Waals surface area (Å²) in [4.78, 5) is 35.1. The molecule has 0 amide bonds. The molecule has 3 unspecified atom stereocenters. The third-order valence-electron chi connectivity index (χ3n) is 9.97. The monoisotopic (exact) mass is 855 g/mol. The molecule has 10 nitrogen and oxygen atoms in total. The molecule has 0 aliphatic carbocycles. The van der Waals surface area contributed by atoms with Gasteiger partial charge in [-0.25, -0.2) is 4.57 Å². The molecule has 3 atom stereocenters. The van der Waals surface area contributed by atoms with Crippen LogP contribution < -0.4 is 0 Å². The minimum absolute atomic E-state index is 0.164. The average molecular weight is 855 g/mol. The number of aliphatic hydroxyl groups excluding tert-OH is 2. The number of ether oxygens (including phenoxy) is 2. The van der Waals surface area contributed by atoms with Gasteiger partial charge in [0.15, 0.2) is 6.10 Å². The van der Waals surface area contributed by atoms with Crippen LogP contribution in [-0.2, 0) is 32.7 Å². The highest BCUT2D eigenvalue weighted by atomic mass is 31.2. The molecule has 0 bridgehead atoms. The Morgan fingerprint density at radius 3 is 1.42 bits per heavy atom. The maximum Gasteiger partial charge on any atom is 0.472 e. The first-order valence-corrected chi connectivity index (χ1v) is 25.1. The standard InChI is InChI=1S/C48H87O10P/c1-3-5-7-9-11-13-15-17-19-20-21-22-23-24-26-27-29-31-33-35-37-39-47(51)55-43-46(44-57-59(53,54)56-42-45(50)41-49)58-48(52)40-38-36-34-32-30-28-25-18-16-14-12-10-8-6-4-2/h6,8,12,14,18,20-21,25,45-46,49-50H,3-5,7,9-11,13,15-17,19,22-24,26-44H2,1-2H3,(H,53,54)/b8-6-,14-12-,21-20-,25-18-. The third kappa shape index (κ3) is 43.8. The Kier molecular flexibility index (Phi) is 42.5. The van der Waals surface area contributed by atoms with Gasteiger partial charge in [-0.3, -0.25) is 18.6 Å². The van der Waals surface area contributed by atoms with Crippen LogP contribution in [0.5, 0.6) is 0 Å². The van der Waals surface area contributed by atoms with Crippen molar-refractivity contribution in [1.82, 2.24) is 0 Å². The van der Waals surface area contributed by atoms with E-state index in [0.717, 1.165) is 70.6 Å². The van der Waals surface area contributed by atoms with Gasteiger partial charge in [0.2, 0.25) is 0 Å². The summed E-state index contributed by atoms with van der Waals surface area (Å²) in [6, 6.07) is 0. The summed E-state index contributed by atoms with van der Waals surface area (Å²) in [6.45, 7) is 2.26. The third-order valence-corrected chi connectivity index (χ3v) is 10.9. The van der Waals surface area contributed by atoms with E-state index in [9.17, 15) is 24.2 Å². The van der Waals surface area contributed by atoms with Crippen molar-refractivity contribution in [3.8, 4) is 0 Å². The van der Waals surface area contributed by atoms with Crippen molar-refractivity contribution < 1.29 is 47.8 Å². The Balaban J connectivity index is 4.22. The zero-order valence-electron chi connectivity index (χ0n) is 37.5. The van der Waals surface area contributed by atoms with Gasteiger partial charge < -0.3 is 24.6 Å². The number of rotatable bonds is 44. The molecule has 0 heterocycles. The predicted molar refractivity (Wildman–Crippen MR) is 242 cm³/mol. The number of unbranched alkanes of at least 4 members (excludes halogenated alkanes) is 22. The molecule has 344 valence electrons. The number of phosphoric ester groups is 1.